The van der Waals surface area contributed by atoms with Gasteiger partial charge in [-0.15, -0.1) is 11.3 Å². The Bertz CT molecular complexity index is 449. The molecule has 16 heavy (non-hydrogen) atoms. The van der Waals surface area contributed by atoms with Crippen molar-refractivity contribution in [1.29, 1.82) is 0 Å². The van der Waals surface area contributed by atoms with Gasteiger partial charge in [0.05, 0.1) is 0 Å². The molecule has 0 amide bonds. The summed E-state index contributed by atoms with van der Waals surface area (Å²) in [4.78, 5) is 0. The van der Waals surface area contributed by atoms with Crippen LogP contribution in [0.25, 0.3) is 0 Å². The van der Waals surface area contributed by atoms with Gasteiger partial charge in [-0.3, -0.25) is 0 Å². The lowest BCUT2D eigenvalue weighted by Gasteiger charge is -2.02. The van der Waals surface area contributed by atoms with Crippen molar-refractivity contribution in [2.45, 2.75) is 23.6 Å². The largest absolute Gasteiger partial charge is 0.316 e. The van der Waals surface area contributed by atoms with Crippen molar-refractivity contribution in [3.8, 4) is 0 Å². The summed E-state index contributed by atoms with van der Waals surface area (Å²) in [7, 11) is -1.43. The predicted octanol–water partition coefficient (Wildman–Crippen LogP) is 1.16. The van der Waals surface area contributed by atoms with Crippen LogP contribution in [-0.2, 0) is 16.6 Å². The molecule has 0 bridgehead atoms. The van der Waals surface area contributed by atoms with Gasteiger partial charge in [0.2, 0.25) is 10.0 Å². The first-order chi connectivity index (χ1) is 7.62. The maximum atomic E-state index is 11.9. The molecule has 1 aromatic rings. The van der Waals surface area contributed by atoms with Crippen LogP contribution in [0.2, 0.25) is 0 Å². The fourth-order valence-corrected chi connectivity index (χ4v) is 3.78. The fourth-order valence-electron chi connectivity index (χ4n) is 1.41. The van der Waals surface area contributed by atoms with Crippen LogP contribution < -0.4 is 10.0 Å². The molecule has 1 saturated carbocycles. The molecule has 0 unspecified atom stereocenters. The van der Waals surface area contributed by atoms with Gasteiger partial charge in [-0.1, -0.05) is 0 Å². The first kappa shape index (κ1) is 12.0. The lowest BCUT2D eigenvalue weighted by Crippen LogP contribution is -2.25. The molecule has 1 fully saturated rings. The second-order valence-electron chi connectivity index (χ2n) is 4.10. The third-order valence-corrected chi connectivity index (χ3v) is 5.45. The fraction of sp³-hybridized carbons (Fsp3) is 0.600. The van der Waals surface area contributed by atoms with E-state index in [1.165, 1.54) is 11.3 Å². The standard InChI is InChI=1S/C10H16N2O2S2/c1-11-5-9-4-10(15-7-9)16(13,14)12-6-8-2-3-8/h4,7-8,11-12H,2-3,5-6H2,1H3. The van der Waals surface area contributed by atoms with Gasteiger partial charge in [0.1, 0.15) is 4.21 Å². The topological polar surface area (TPSA) is 58.2 Å². The Hall–Kier alpha value is -0.430. The van der Waals surface area contributed by atoms with Crippen molar-refractivity contribution < 1.29 is 8.42 Å². The third kappa shape index (κ3) is 3.04. The Morgan fingerprint density at radius 3 is 2.88 bits per heavy atom. The van der Waals surface area contributed by atoms with Crippen molar-refractivity contribution in [3.05, 3.63) is 17.0 Å². The van der Waals surface area contributed by atoms with Crippen LogP contribution in [0.5, 0.6) is 0 Å². The van der Waals surface area contributed by atoms with Crippen molar-refractivity contribution >= 4 is 21.4 Å². The van der Waals surface area contributed by atoms with Crippen molar-refractivity contribution in [2.24, 2.45) is 5.92 Å². The summed E-state index contributed by atoms with van der Waals surface area (Å²) >= 11 is 1.28. The Balaban J connectivity index is 2.02. The van der Waals surface area contributed by atoms with Crippen LogP contribution in [0.3, 0.4) is 0 Å². The molecule has 1 aromatic heterocycles. The van der Waals surface area contributed by atoms with Gasteiger partial charge in [0, 0.05) is 13.1 Å². The van der Waals surface area contributed by atoms with E-state index in [4.69, 9.17) is 0 Å². The number of thiophene rings is 1. The minimum atomic E-state index is -3.27. The lowest BCUT2D eigenvalue weighted by atomic mass is 10.3. The molecule has 2 rings (SSSR count). The van der Waals surface area contributed by atoms with Crippen LogP contribution in [0, 0.1) is 5.92 Å². The summed E-state index contributed by atoms with van der Waals surface area (Å²) in [6, 6.07) is 1.73. The number of rotatable bonds is 6. The molecular formula is C10H16N2O2S2. The Labute approximate surface area is 100 Å². The minimum absolute atomic E-state index is 0.415. The first-order valence-electron chi connectivity index (χ1n) is 5.33. The monoisotopic (exact) mass is 260 g/mol. The highest BCUT2D eigenvalue weighted by Crippen LogP contribution is 2.28. The number of hydrogen-bond donors (Lipinski definition) is 2. The Kier molecular flexibility index (Phi) is 3.63. The molecule has 1 aliphatic rings. The van der Waals surface area contributed by atoms with E-state index < -0.39 is 10.0 Å². The summed E-state index contributed by atoms with van der Waals surface area (Å²) in [6.45, 7) is 1.29. The number of nitrogens with one attached hydrogen (secondary N) is 2. The highest BCUT2D eigenvalue weighted by atomic mass is 32.2. The van der Waals surface area contributed by atoms with E-state index >= 15 is 0 Å². The second kappa shape index (κ2) is 4.83. The first-order valence-corrected chi connectivity index (χ1v) is 7.70. The highest BCUT2D eigenvalue weighted by Gasteiger charge is 2.24. The average molecular weight is 260 g/mol. The molecule has 0 radical (unpaired) electrons. The van der Waals surface area contributed by atoms with Crippen LogP contribution in [-0.4, -0.2) is 22.0 Å². The minimum Gasteiger partial charge on any atom is -0.316 e. The van der Waals surface area contributed by atoms with Crippen molar-refractivity contribution in [3.63, 3.8) is 0 Å². The van der Waals surface area contributed by atoms with Crippen LogP contribution in [0.15, 0.2) is 15.7 Å². The quantitative estimate of drug-likeness (QED) is 0.807. The Morgan fingerprint density at radius 1 is 1.50 bits per heavy atom. The van der Waals surface area contributed by atoms with Crippen LogP contribution >= 0.6 is 11.3 Å². The number of sulfonamides is 1. The predicted molar refractivity (Wildman–Crippen MR) is 65.0 cm³/mol. The van der Waals surface area contributed by atoms with Crippen LogP contribution in [0.4, 0.5) is 0 Å². The van der Waals surface area contributed by atoms with E-state index in [0.29, 0.717) is 23.2 Å². The summed E-state index contributed by atoms with van der Waals surface area (Å²) in [5, 5.41) is 4.88. The summed E-state index contributed by atoms with van der Waals surface area (Å²) < 4.78 is 26.8. The van der Waals surface area contributed by atoms with Crippen molar-refractivity contribution in [1.82, 2.24) is 10.0 Å². The SMILES string of the molecule is CNCc1csc(S(=O)(=O)NCC2CC2)c1. The van der Waals surface area contributed by atoms with Gasteiger partial charge in [0.25, 0.3) is 0 Å². The Morgan fingerprint density at radius 2 is 2.25 bits per heavy atom. The summed E-state index contributed by atoms with van der Waals surface area (Å²) in [5.74, 6) is 0.562. The molecule has 1 heterocycles. The molecule has 1 aliphatic carbocycles. The van der Waals surface area contributed by atoms with Gasteiger partial charge in [-0.25, -0.2) is 13.1 Å². The average Bonchev–Trinajstić information content (AvgIpc) is 2.95. The van der Waals surface area contributed by atoms with Gasteiger partial charge >= 0.3 is 0 Å². The molecule has 4 nitrogen and oxygen atoms in total. The molecule has 90 valence electrons. The zero-order valence-electron chi connectivity index (χ0n) is 9.19. The van der Waals surface area contributed by atoms with E-state index in [0.717, 1.165) is 18.4 Å². The maximum absolute atomic E-state index is 11.9. The smallest absolute Gasteiger partial charge is 0.250 e. The van der Waals surface area contributed by atoms with Gasteiger partial charge in [-0.2, -0.15) is 0 Å². The molecular weight excluding hydrogens is 244 g/mol. The molecule has 2 N–H and O–H groups in total. The van der Waals surface area contributed by atoms with E-state index in [1.807, 2.05) is 12.4 Å². The normalized spacial score (nSPS) is 16.6. The second-order valence-corrected chi connectivity index (χ2v) is 7.00. The molecule has 0 saturated heterocycles. The van der Waals surface area contributed by atoms with Gasteiger partial charge in [0.15, 0.2) is 0 Å². The molecule has 0 aliphatic heterocycles. The highest BCUT2D eigenvalue weighted by molar-refractivity contribution is 7.91. The zero-order valence-corrected chi connectivity index (χ0v) is 10.8. The third-order valence-electron chi connectivity index (χ3n) is 2.53. The summed E-state index contributed by atoms with van der Waals surface area (Å²) in [5.41, 5.74) is 1.01. The van der Waals surface area contributed by atoms with E-state index in [9.17, 15) is 8.42 Å². The zero-order chi connectivity index (χ0) is 11.6. The molecule has 0 spiro atoms. The molecule has 6 heteroatoms. The molecule has 0 atom stereocenters. The van der Waals surface area contributed by atoms with E-state index in [-0.39, 0.29) is 0 Å². The van der Waals surface area contributed by atoms with Gasteiger partial charge < -0.3 is 5.32 Å². The van der Waals surface area contributed by atoms with E-state index in [1.54, 1.807) is 6.07 Å². The molecule has 0 aromatic carbocycles. The van der Waals surface area contributed by atoms with Crippen LogP contribution in [0.1, 0.15) is 18.4 Å². The van der Waals surface area contributed by atoms with E-state index in [2.05, 4.69) is 10.0 Å². The maximum Gasteiger partial charge on any atom is 0.250 e. The lowest BCUT2D eigenvalue weighted by molar-refractivity contribution is 0.579. The van der Waals surface area contributed by atoms with Crippen molar-refractivity contribution in [2.75, 3.05) is 13.6 Å². The summed E-state index contributed by atoms with van der Waals surface area (Å²) in [6.07, 6.45) is 2.30. The van der Waals surface area contributed by atoms with Gasteiger partial charge in [-0.05, 0) is 42.8 Å². The number of hydrogen-bond acceptors (Lipinski definition) is 4.